The first-order valence-electron chi connectivity index (χ1n) is 11.5. The van der Waals surface area contributed by atoms with Crippen molar-refractivity contribution in [3.05, 3.63) is 47.8 Å². The molecule has 1 spiro atoms. The Morgan fingerprint density at radius 1 is 1.10 bits per heavy atom. The predicted molar refractivity (Wildman–Crippen MR) is 122 cm³/mol. The topological polar surface area (TPSA) is 135 Å². The van der Waals surface area contributed by atoms with Crippen LogP contribution in [0.1, 0.15) is 30.7 Å². The standard InChI is InChI=1S/C19H23FN4O2.2C2HF3O2/c1-14-4-2-5-16(23-14)11-25-17-8-19(26-12-17)6-3-7-24(13-19)18-21-9-15(20)10-22-18;2*3-2(4,5)1(6)7/h2,4-5,9-10,17H,3,6-8,11-13H2,1H3;2*(H,6,7)/t17-,19+;;/m1../s1. The molecular formula is C23H25F7N4O6. The fraction of sp³-hybridized carbons (Fsp3) is 0.522. The van der Waals surface area contributed by atoms with Crippen LogP contribution >= 0.6 is 0 Å². The van der Waals surface area contributed by atoms with Gasteiger partial charge in [0.05, 0.1) is 43.0 Å². The molecule has 2 saturated heterocycles. The van der Waals surface area contributed by atoms with Gasteiger partial charge in [0.25, 0.3) is 0 Å². The largest absolute Gasteiger partial charge is 0.490 e. The number of carboxylic acid groups (broad SMARTS) is 2. The third kappa shape index (κ3) is 10.5. The number of pyridine rings is 1. The van der Waals surface area contributed by atoms with Crippen LogP contribution in [0.15, 0.2) is 30.6 Å². The van der Waals surface area contributed by atoms with Crippen molar-refractivity contribution in [2.24, 2.45) is 0 Å². The van der Waals surface area contributed by atoms with Gasteiger partial charge in [0, 0.05) is 25.2 Å². The Kier molecular flexibility index (Phi) is 11.1. The number of nitrogens with zero attached hydrogens (tertiary/aromatic N) is 4. The second-order valence-electron chi connectivity index (χ2n) is 8.73. The number of anilines is 1. The van der Waals surface area contributed by atoms with Gasteiger partial charge in [0.1, 0.15) is 0 Å². The van der Waals surface area contributed by atoms with Crippen LogP contribution in [0.5, 0.6) is 0 Å². The Bertz CT molecular complexity index is 1110. The molecule has 4 heterocycles. The lowest BCUT2D eigenvalue weighted by Gasteiger charge is -2.39. The summed E-state index contributed by atoms with van der Waals surface area (Å²) in [6.45, 7) is 4.63. The highest BCUT2D eigenvalue weighted by Gasteiger charge is 2.44. The summed E-state index contributed by atoms with van der Waals surface area (Å²) in [6.07, 6.45) is -4.86. The van der Waals surface area contributed by atoms with Crippen LogP contribution in [0.2, 0.25) is 0 Å². The molecule has 0 unspecified atom stereocenters. The predicted octanol–water partition coefficient (Wildman–Crippen LogP) is 3.93. The number of carbonyl (C=O) groups is 2. The molecule has 2 N–H and O–H groups in total. The maximum atomic E-state index is 13.1. The average molecular weight is 586 g/mol. The molecule has 2 aromatic heterocycles. The van der Waals surface area contributed by atoms with E-state index in [4.69, 9.17) is 29.3 Å². The van der Waals surface area contributed by atoms with Gasteiger partial charge in [0.15, 0.2) is 5.82 Å². The van der Waals surface area contributed by atoms with Crippen LogP contribution in [-0.4, -0.2) is 80.9 Å². The van der Waals surface area contributed by atoms with E-state index < -0.39 is 30.1 Å². The molecule has 4 rings (SSSR count). The third-order valence-electron chi connectivity index (χ3n) is 5.50. The minimum atomic E-state index is -5.08. The molecule has 0 radical (unpaired) electrons. The summed E-state index contributed by atoms with van der Waals surface area (Å²) in [4.78, 5) is 32.6. The second-order valence-corrected chi connectivity index (χ2v) is 8.73. The van der Waals surface area contributed by atoms with Crippen molar-refractivity contribution in [1.82, 2.24) is 15.0 Å². The third-order valence-corrected chi connectivity index (χ3v) is 5.50. The zero-order valence-corrected chi connectivity index (χ0v) is 20.9. The molecule has 0 aromatic carbocycles. The molecule has 0 amide bonds. The summed E-state index contributed by atoms with van der Waals surface area (Å²) < 4.78 is 88.7. The van der Waals surface area contributed by atoms with E-state index in [9.17, 15) is 30.7 Å². The minimum absolute atomic E-state index is 0.0615. The number of aromatic nitrogens is 3. The number of piperidine rings is 1. The molecule has 0 aliphatic carbocycles. The number of hydrogen-bond donors (Lipinski definition) is 2. The summed E-state index contributed by atoms with van der Waals surface area (Å²) in [6, 6.07) is 5.95. The van der Waals surface area contributed by atoms with Crippen LogP contribution in [-0.2, 0) is 25.7 Å². The van der Waals surface area contributed by atoms with Gasteiger partial charge in [-0.15, -0.1) is 0 Å². The minimum Gasteiger partial charge on any atom is -0.475 e. The van der Waals surface area contributed by atoms with Crippen LogP contribution in [0.3, 0.4) is 0 Å². The van der Waals surface area contributed by atoms with Gasteiger partial charge < -0.3 is 24.6 Å². The van der Waals surface area contributed by atoms with Crippen molar-refractivity contribution in [3.63, 3.8) is 0 Å². The number of rotatable bonds is 4. The molecule has 40 heavy (non-hydrogen) atoms. The lowest BCUT2D eigenvalue weighted by atomic mass is 9.89. The average Bonchev–Trinajstić information content (AvgIpc) is 3.24. The highest BCUT2D eigenvalue weighted by atomic mass is 19.4. The van der Waals surface area contributed by atoms with Crippen molar-refractivity contribution in [2.45, 2.75) is 56.9 Å². The van der Waals surface area contributed by atoms with E-state index >= 15 is 0 Å². The van der Waals surface area contributed by atoms with Crippen molar-refractivity contribution >= 4 is 17.9 Å². The Balaban J connectivity index is 0.000000333. The van der Waals surface area contributed by atoms with E-state index in [1.54, 1.807) is 0 Å². The summed E-state index contributed by atoms with van der Waals surface area (Å²) in [7, 11) is 0. The van der Waals surface area contributed by atoms with Gasteiger partial charge in [-0.3, -0.25) is 4.98 Å². The van der Waals surface area contributed by atoms with Gasteiger partial charge in [-0.2, -0.15) is 26.3 Å². The maximum absolute atomic E-state index is 13.1. The molecular weight excluding hydrogens is 561 g/mol. The molecule has 2 aromatic rings. The summed E-state index contributed by atoms with van der Waals surface area (Å²) in [5, 5.41) is 14.2. The van der Waals surface area contributed by atoms with E-state index in [1.165, 1.54) is 12.4 Å². The van der Waals surface area contributed by atoms with Gasteiger partial charge in [0.2, 0.25) is 5.95 Å². The Labute approximate surface area is 222 Å². The normalized spacial score (nSPS) is 20.7. The Morgan fingerprint density at radius 2 is 1.68 bits per heavy atom. The van der Waals surface area contributed by atoms with Gasteiger partial charge in [-0.1, -0.05) is 6.07 Å². The summed E-state index contributed by atoms with van der Waals surface area (Å²) in [5.74, 6) is -5.38. The smallest absolute Gasteiger partial charge is 0.475 e. The summed E-state index contributed by atoms with van der Waals surface area (Å²) >= 11 is 0. The SMILES string of the molecule is Cc1cccc(CO[C@H]2CO[C@@]3(CCCN(c4ncc(F)cn4)C3)C2)n1.O=C(O)C(F)(F)F.O=C(O)C(F)(F)F. The Hall–Kier alpha value is -3.60. The second kappa shape index (κ2) is 13.6. The Morgan fingerprint density at radius 3 is 2.20 bits per heavy atom. The van der Waals surface area contributed by atoms with E-state index in [2.05, 4.69) is 19.9 Å². The number of ether oxygens (including phenoxy) is 2. The molecule has 2 aliphatic rings. The fourth-order valence-electron chi connectivity index (χ4n) is 3.81. The number of aliphatic carboxylic acids is 2. The number of halogens is 7. The fourth-order valence-corrected chi connectivity index (χ4v) is 3.81. The zero-order chi connectivity index (χ0) is 30.1. The molecule has 17 heteroatoms. The van der Waals surface area contributed by atoms with Crippen LogP contribution in [0.4, 0.5) is 36.7 Å². The first kappa shape index (κ1) is 32.6. The van der Waals surface area contributed by atoms with Gasteiger partial charge in [-0.05, 0) is 31.9 Å². The first-order valence-corrected chi connectivity index (χ1v) is 11.5. The van der Waals surface area contributed by atoms with E-state index in [-0.39, 0.29) is 11.7 Å². The van der Waals surface area contributed by atoms with Gasteiger partial charge >= 0.3 is 24.3 Å². The van der Waals surface area contributed by atoms with Crippen molar-refractivity contribution in [1.29, 1.82) is 0 Å². The van der Waals surface area contributed by atoms with Crippen LogP contribution < -0.4 is 4.90 Å². The molecule has 2 aliphatic heterocycles. The van der Waals surface area contributed by atoms with E-state index in [0.717, 1.165) is 37.2 Å². The molecule has 0 saturated carbocycles. The molecule has 2 fully saturated rings. The molecule has 0 bridgehead atoms. The van der Waals surface area contributed by atoms with Gasteiger partial charge in [-0.25, -0.2) is 23.9 Å². The monoisotopic (exact) mass is 586 g/mol. The maximum Gasteiger partial charge on any atom is 0.490 e. The number of alkyl halides is 6. The van der Waals surface area contributed by atoms with E-state index in [1.807, 2.05) is 25.1 Å². The van der Waals surface area contributed by atoms with Crippen LogP contribution in [0.25, 0.3) is 0 Å². The highest BCUT2D eigenvalue weighted by Crippen LogP contribution is 2.36. The van der Waals surface area contributed by atoms with Crippen molar-refractivity contribution in [3.8, 4) is 0 Å². The number of carboxylic acids is 2. The molecule has 2 atom stereocenters. The first-order chi connectivity index (χ1) is 18.5. The van der Waals surface area contributed by atoms with E-state index in [0.29, 0.717) is 25.7 Å². The lowest BCUT2D eigenvalue weighted by molar-refractivity contribution is -0.193. The zero-order valence-electron chi connectivity index (χ0n) is 20.9. The molecule has 222 valence electrons. The quantitative estimate of drug-likeness (QED) is 0.508. The lowest BCUT2D eigenvalue weighted by Crippen LogP contribution is -2.48. The van der Waals surface area contributed by atoms with Crippen molar-refractivity contribution in [2.75, 3.05) is 24.6 Å². The van der Waals surface area contributed by atoms with Crippen molar-refractivity contribution < 1.29 is 60.0 Å². The number of aryl methyl sites for hydroxylation is 1. The van der Waals surface area contributed by atoms with Crippen LogP contribution in [0, 0.1) is 12.7 Å². The number of hydrogen-bond acceptors (Lipinski definition) is 8. The summed E-state index contributed by atoms with van der Waals surface area (Å²) in [5.41, 5.74) is 1.70. The molecule has 10 nitrogen and oxygen atoms in total. The highest BCUT2D eigenvalue weighted by molar-refractivity contribution is 5.73.